The van der Waals surface area contributed by atoms with E-state index in [-0.39, 0.29) is 64.0 Å². The van der Waals surface area contributed by atoms with Crippen molar-refractivity contribution in [3.8, 4) is 5.75 Å². The van der Waals surface area contributed by atoms with Crippen molar-refractivity contribution in [2.75, 3.05) is 128 Å². The van der Waals surface area contributed by atoms with E-state index in [0.717, 1.165) is 123 Å². The van der Waals surface area contributed by atoms with Gasteiger partial charge >= 0.3 is 0 Å². The van der Waals surface area contributed by atoms with Gasteiger partial charge in [-0.25, -0.2) is 0 Å². The van der Waals surface area contributed by atoms with E-state index in [9.17, 15) is 43.2 Å². The van der Waals surface area contributed by atoms with E-state index >= 15 is 0 Å². The molecule has 3 unspecified atom stereocenters. The minimum Gasteiger partial charge on any atom is -0.497 e. The van der Waals surface area contributed by atoms with Crippen molar-refractivity contribution in [2.45, 2.75) is 52.0 Å². The van der Waals surface area contributed by atoms with E-state index in [1.54, 1.807) is 41.2 Å². The van der Waals surface area contributed by atoms with Crippen LogP contribution in [0.4, 0.5) is 45.5 Å². The van der Waals surface area contributed by atoms with Crippen LogP contribution < -0.4 is 44.8 Å². The number of para-hydroxylation sites is 5. The lowest BCUT2D eigenvalue weighted by Gasteiger charge is -2.30. The molecule has 0 aliphatic carbocycles. The van der Waals surface area contributed by atoms with E-state index in [1.807, 2.05) is 201 Å². The van der Waals surface area contributed by atoms with E-state index in [2.05, 4.69) is 30.2 Å². The summed E-state index contributed by atoms with van der Waals surface area (Å²) in [5, 5.41) is 7.48. The Morgan fingerprint density at radius 2 is 0.842 bits per heavy atom. The summed E-state index contributed by atoms with van der Waals surface area (Å²) < 4.78 is 5.15. The first-order chi connectivity index (χ1) is 48.4. The number of carbonyl (C=O) groups excluding carboxylic acids is 9. The molecule has 0 spiro atoms. The average molecular weight is 1420 g/mol. The number of Topliss-reactive ketones (excluding diaryl/α,β-unsaturated/α-hetero) is 8. The Morgan fingerprint density at radius 3 is 1.39 bits per heavy atom. The molecule has 0 fully saturated rings. The van der Waals surface area contributed by atoms with Gasteiger partial charge in [0, 0.05) is 214 Å². The standard InChI is InChI=1S/C12H15NO2.C11H12ClNO.C11H11NO2.C10H10ClNO.C10H11NO.C9H8ClNO.C9H9NO.C8H7NO/c1-8-7-13(2)11-6-9(15-3)4-5-10(11)12(8)14;1-7-6-13(2)10-5-8(12)3-4-9(10)11(7)14;1-8(13)12-7-6-11(14)9-4-2-3-5-10(9)12;1-12-5-4-10(13)8-6-7(11)2-3-9(8)12;1-11-7-6-10(12)8-4-2-3-5-9(8)11;1-11-7-5-3-2-4-6(7)8(12)9(11)10;11-9-5-6-10-8-4-2-1-3-7(8)9;10-8-5-9-7-4-2-1-3-6(7)8/h4-6,8H,7H2,1-3H3;3-5,7H,6H2,1-2H3;2-5H,6-7H2,1H3;2-3,6H,4-5H2,1H3;2-5H,6-7H2,1H3;2-5,9H,1H3;1-4,10H,5-6H2;1-4,9H,5H2. The van der Waals surface area contributed by atoms with Crippen molar-refractivity contribution >= 4 is 132 Å². The summed E-state index contributed by atoms with van der Waals surface area (Å²) >= 11 is 17.6. The Balaban J connectivity index is 0.000000135. The fraction of sp³-hybridized carbons (Fsp3) is 0.287. The van der Waals surface area contributed by atoms with Crippen LogP contribution in [0.5, 0.6) is 5.75 Å². The first-order valence-electron chi connectivity index (χ1n) is 33.3. The van der Waals surface area contributed by atoms with Gasteiger partial charge in [0.15, 0.2) is 46.0 Å². The molecule has 2 N–H and O–H groups in total. The van der Waals surface area contributed by atoms with Crippen molar-refractivity contribution in [1.29, 1.82) is 0 Å². The first kappa shape index (κ1) is 75.1. The van der Waals surface area contributed by atoms with Crippen LogP contribution in [-0.2, 0) is 4.79 Å². The van der Waals surface area contributed by atoms with Gasteiger partial charge in [-0.15, -0.1) is 0 Å². The Bertz CT molecular complexity index is 4450. The number of anilines is 8. The molecule has 16 rings (SSSR count). The van der Waals surface area contributed by atoms with E-state index in [1.165, 1.54) is 6.92 Å². The van der Waals surface area contributed by atoms with Crippen molar-refractivity contribution < 1.29 is 47.9 Å². The molecule has 0 aromatic heterocycles. The number of hydrogen-bond acceptors (Lipinski definition) is 17. The summed E-state index contributed by atoms with van der Waals surface area (Å²) in [5.41, 5.74) is 13.3. The predicted octanol–water partition coefficient (Wildman–Crippen LogP) is 15.1. The Labute approximate surface area is 605 Å². The number of rotatable bonds is 1. The molecule has 8 heterocycles. The maximum absolute atomic E-state index is 11.9. The zero-order valence-electron chi connectivity index (χ0n) is 58.2. The maximum Gasteiger partial charge on any atom is 0.223 e. The van der Waals surface area contributed by atoms with Crippen LogP contribution in [-0.4, -0.2) is 146 Å². The molecule has 8 aromatic carbocycles. The highest BCUT2D eigenvalue weighted by molar-refractivity contribution is 6.38. The molecule has 21 heteroatoms. The van der Waals surface area contributed by atoms with E-state index in [0.29, 0.717) is 54.4 Å². The quantitative estimate of drug-likeness (QED) is 0.116. The monoisotopic (exact) mass is 1420 g/mol. The highest BCUT2D eigenvalue weighted by atomic mass is 35.5. The highest BCUT2D eigenvalue weighted by Gasteiger charge is 2.33. The van der Waals surface area contributed by atoms with Gasteiger partial charge in [0.2, 0.25) is 11.7 Å². The second-order valence-electron chi connectivity index (χ2n) is 25.4. The zero-order chi connectivity index (χ0) is 72.8. The van der Waals surface area contributed by atoms with Crippen LogP contribution in [0.25, 0.3) is 0 Å². The number of ketones is 8. The maximum atomic E-state index is 11.9. The van der Waals surface area contributed by atoms with Gasteiger partial charge in [0.1, 0.15) is 5.75 Å². The summed E-state index contributed by atoms with van der Waals surface area (Å²) in [5.74, 6) is 2.40. The van der Waals surface area contributed by atoms with Gasteiger partial charge in [-0.05, 0) is 109 Å². The number of fused-ring (bicyclic) bond motifs is 8. The van der Waals surface area contributed by atoms with Gasteiger partial charge in [0.05, 0.1) is 25.0 Å². The fourth-order valence-electron chi connectivity index (χ4n) is 12.7. The third-order valence-corrected chi connectivity index (χ3v) is 19.2. The Kier molecular flexibility index (Phi) is 25.5. The lowest BCUT2D eigenvalue weighted by molar-refractivity contribution is -0.116. The van der Waals surface area contributed by atoms with Crippen molar-refractivity contribution in [3.05, 3.63) is 230 Å². The number of amides is 1. The molecule has 524 valence electrons. The molecule has 101 heavy (non-hydrogen) atoms. The highest BCUT2D eigenvalue weighted by Crippen LogP contribution is 2.36. The molecule has 0 bridgehead atoms. The molecule has 0 saturated carbocycles. The molecule has 18 nitrogen and oxygen atoms in total. The molecular formula is C80H83Cl3N8O10. The molecule has 8 aliphatic rings. The van der Waals surface area contributed by atoms with Crippen LogP contribution >= 0.6 is 34.8 Å². The number of ether oxygens (including phenoxy) is 1. The average Bonchev–Trinajstić information content (AvgIpc) is 1.32. The number of carbonyl (C=O) groups is 9. The van der Waals surface area contributed by atoms with Gasteiger partial charge in [-0.1, -0.05) is 109 Å². The molecule has 8 aromatic rings. The fourth-order valence-corrected chi connectivity index (χ4v) is 13.3. The van der Waals surface area contributed by atoms with Crippen molar-refractivity contribution in [2.24, 2.45) is 11.8 Å². The molecule has 0 saturated heterocycles. The van der Waals surface area contributed by atoms with E-state index < -0.39 is 5.50 Å². The smallest absolute Gasteiger partial charge is 0.223 e. The lowest BCUT2D eigenvalue weighted by Crippen LogP contribution is -2.35. The van der Waals surface area contributed by atoms with Crippen LogP contribution in [0.15, 0.2) is 176 Å². The van der Waals surface area contributed by atoms with E-state index in [4.69, 9.17) is 39.5 Å². The minimum atomic E-state index is -0.526. The molecule has 8 aliphatic heterocycles. The number of alkyl halides is 1. The summed E-state index contributed by atoms with van der Waals surface area (Å²) in [6.07, 6.45) is 2.28. The van der Waals surface area contributed by atoms with Gasteiger partial charge in [0.25, 0.3) is 0 Å². The van der Waals surface area contributed by atoms with Gasteiger partial charge in [-0.3, -0.25) is 43.2 Å². The first-order valence-corrected chi connectivity index (χ1v) is 34.5. The minimum absolute atomic E-state index is 0.00485. The van der Waals surface area contributed by atoms with Crippen LogP contribution in [0.1, 0.15) is 129 Å². The van der Waals surface area contributed by atoms with Crippen LogP contribution in [0.2, 0.25) is 10.0 Å². The summed E-state index contributed by atoms with van der Waals surface area (Å²) in [4.78, 5) is 115. The zero-order valence-corrected chi connectivity index (χ0v) is 60.4. The number of benzene rings is 8. The molecule has 0 radical (unpaired) electrons. The Hall–Kier alpha value is -10.1. The predicted molar refractivity (Wildman–Crippen MR) is 406 cm³/mol. The second kappa shape index (κ2) is 34.3. The molecule has 1 amide bonds. The summed E-state index contributed by atoms with van der Waals surface area (Å²) in [6, 6.07) is 54.1. The third-order valence-electron chi connectivity index (χ3n) is 18.2. The number of likely N-dealkylation sites (N-methyl/N-ethyl adjacent to an activating group) is 1. The Morgan fingerprint density at radius 1 is 0.416 bits per heavy atom. The number of hydrogen-bond donors (Lipinski definition) is 2. The van der Waals surface area contributed by atoms with Gasteiger partial charge < -0.3 is 44.8 Å². The van der Waals surface area contributed by atoms with Crippen LogP contribution in [0.3, 0.4) is 0 Å². The van der Waals surface area contributed by atoms with Crippen molar-refractivity contribution in [3.63, 3.8) is 0 Å². The lowest BCUT2D eigenvalue weighted by atomic mass is 9.93. The number of nitrogens with one attached hydrogen (secondary N) is 2. The van der Waals surface area contributed by atoms with Crippen LogP contribution in [0, 0.1) is 11.8 Å². The topological polar surface area (TPSA) is 206 Å². The van der Waals surface area contributed by atoms with Gasteiger partial charge in [-0.2, -0.15) is 0 Å². The number of nitrogens with zero attached hydrogens (tertiary/aromatic N) is 6. The second-order valence-corrected chi connectivity index (χ2v) is 26.6. The number of halogens is 3. The molecule has 3 atom stereocenters. The largest absolute Gasteiger partial charge is 0.497 e. The summed E-state index contributed by atoms with van der Waals surface area (Å²) in [7, 11) is 11.4. The normalized spacial score (nSPS) is 17.6. The number of methoxy groups -OCH3 is 1. The molecular weight excluding hydrogens is 1340 g/mol. The third kappa shape index (κ3) is 18.1. The summed E-state index contributed by atoms with van der Waals surface area (Å²) in [6.45, 7) is 10.4. The van der Waals surface area contributed by atoms with Crippen molar-refractivity contribution in [1.82, 2.24) is 0 Å². The SMILES string of the molecule is CC(=O)N1CCC(=O)c2ccccc21.CC1CN(C)c2cc(Cl)ccc2C1=O.CN1CCC(=O)c2cc(Cl)ccc21.CN1CCC(=O)c2ccccc21.CN1c2ccccc2C(=O)C1Cl.COc1ccc2c(c1)N(C)CC(C)C2=O.O=C1CCNc2ccccc21.O=C1CNc2ccccc21.